The van der Waals surface area contributed by atoms with Gasteiger partial charge in [0.05, 0.1) is 16.7 Å². The van der Waals surface area contributed by atoms with Gasteiger partial charge in [0, 0.05) is 23.8 Å². The fourth-order valence-corrected chi connectivity index (χ4v) is 3.33. The zero-order valence-corrected chi connectivity index (χ0v) is 14.2. The van der Waals surface area contributed by atoms with Crippen LogP contribution in [-0.4, -0.2) is 42.0 Å². The fourth-order valence-electron chi connectivity index (χ4n) is 3.33. The van der Waals surface area contributed by atoms with Gasteiger partial charge in [-0.25, -0.2) is 4.98 Å². The van der Waals surface area contributed by atoms with E-state index in [1.807, 2.05) is 0 Å². The van der Waals surface area contributed by atoms with E-state index in [0.717, 1.165) is 0 Å². The number of aliphatic hydroxyl groups is 1. The molecule has 0 saturated heterocycles. The number of aromatic hydroxyl groups is 1. The summed E-state index contributed by atoms with van der Waals surface area (Å²) in [6, 6.07) is 2.34. The topological polar surface area (TPSA) is 107 Å². The van der Waals surface area contributed by atoms with E-state index >= 15 is 0 Å². The third-order valence-corrected chi connectivity index (χ3v) is 4.62. The van der Waals surface area contributed by atoms with Gasteiger partial charge in [-0.2, -0.15) is 13.2 Å². The third-order valence-electron chi connectivity index (χ3n) is 4.62. The number of H-pyrrole nitrogens is 1. The highest BCUT2D eigenvalue weighted by Crippen LogP contribution is 2.38. The normalized spacial score (nSPS) is 22.6. The molecule has 4 rings (SSSR count). The van der Waals surface area contributed by atoms with Crippen LogP contribution in [0.15, 0.2) is 24.5 Å². The fraction of sp³-hybridized carbons (Fsp3) is 0.353. The second-order valence-electron chi connectivity index (χ2n) is 7.00. The first kappa shape index (κ1) is 17.5. The molecule has 1 saturated carbocycles. The summed E-state index contributed by atoms with van der Waals surface area (Å²) in [6.45, 7) is 1.75. The lowest BCUT2D eigenvalue weighted by Gasteiger charge is -2.41. The molecule has 0 bridgehead atoms. The second kappa shape index (κ2) is 5.81. The summed E-state index contributed by atoms with van der Waals surface area (Å²) in [6.07, 6.45) is -1.17. The maximum Gasteiger partial charge on any atom is 0.418 e. The van der Waals surface area contributed by atoms with Crippen molar-refractivity contribution < 1.29 is 23.4 Å². The predicted octanol–water partition coefficient (Wildman–Crippen LogP) is 3.07. The maximum absolute atomic E-state index is 12.8. The summed E-state index contributed by atoms with van der Waals surface area (Å²) in [5, 5.41) is 31.8. The van der Waals surface area contributed by atoms with E-state index in [0.29, 0.717) is 41.8 Å². The Labute approximate surface area is 151 Å². The van der Waals surface area contributed by atoms with E-state index in [9.17, 15) is 23.4 Å². The summed E-state index contributed by atoms with van der Waals surface area (Å²) in [5.41, 5.74) is -1.07. The SMILES string of the molecule is C[C@]1(O)C[C@@H](Nc2nnc(-c3ncc(C(F)(F)F)cc3O)c3cc[nH]c23)C1. The predicted molar refractivity (Wildman–Crippen MR) is 91.1 cm³/mol. The van der Waals surface area contributed by atoms with Crippen LogP contribution in [0.1, 0.15) is 25.3 Å². The van der Waals surface area contributed by atoms with Gasteiger partial charge in [-0.3, -0.25) is 0 Å². The lowest BCUT2D eigenvalue weighted by molar-refractivity contribution is -0.137. The molecule has 1 aliphatic rings. The van der Waals surface area contributed by atoms with E-state index < -0.39 is 23.1 Å². The molecular formula is C17H16F3N5O2. The van der Waals surface area contributed by atoms with Gasteiger partial charge in [0.25, 0.3) is 0 Å². The van der Waals surface area contributed by atoms with Crippen molar-refractivity contribution in [3.8, 4) is 17.1 Å². The van der Waals surface area contributed by atoms with Gasteiger partial charge >= 0.3 is 6.18 Å². The average Bonchev–Trinajstić information content (AvgIpc) is 3.03. The number of alkyl halides is 3. The molecule has 4 N–H and O–H groups in total. The minimum absolute atomic E-state index is 0.0456. The Bertz CT molecular complexity index is 1010. The van der Waals surface area contributed by atoms with Crippen molar-refractivity contribution >= 4 is 16.7 Å². The molecule has 27 heavy (non-hydrogen) atoms. The molecule has 0 unspecified atom stereocenters. The quantitative estimate of drug-likeness (QED) is 0.557. The molecule has 0 aliphatic heterocycles. The number of hydrogen-bond acceptors (Lipinski definition) is 6. The molecule has 142 valence electrons. The van der Waals surface area contributed by atoms with Crippen molar-refractivity contribution in [2.24, 2.45) is 0 Å². The molecule has 0 amide bonds. The van der Waals surface area contributed by atoms with Crippen LogP contribution in [-0.2, 0) is 6.18 Å². The van der Waals surface area contributed by atoms with Crippen LogP contribution in [0.2, 0.25) is 0 Å². The average molecular weight is 379 g/mol. The van der Waals surface area contributed by atoms with Crippen LogP contribution in [0.4, 0.5) is 19.0 Å². The number of aromatic nitrogens is 4. The Kier molecular flexibility index (Phi) is 3.77. The number of halogens is 3. The highest BCUT2D eigenvalue weighted by molar-refractivity contribution is 5.98. The number of pyridine rings is 1. The first-order chi connectivity index (χ1) is 12.6. The van der Waals surface area contributed by atoms with Crippen molar-refractivity contribution in [1.29, 1.82) is 0 Å². The van der Waals surface area contributed by atoms with Gasteiger partial charge in [-0.15, -0.1) is 10.2 Å². The zero-order chi connectivity index (χ0) is 19.4. The van der Waals surface area contributed by atoms with Crippen molar-refractivity contribution in [3.63, 3.8) is 0 Å². The monoisotopic (exact) mass is 379 g/mol. The summed E-state index contributed by atoms with van der Waals surface area (Å²) in [5.74, 6) is -0.164. The number of hydrogen-bond donors (Lipinski definition) is 4. The summed E-state index contributed by atoms with van der Waals surface area (Å²) in [7, 11) is 0. The third kappa shape index (κ3) is 3.16. The maximum atomic E-state index is 12.8. The van der Waals surface area contributed by atoms with Gasteiger partial charge in [-0.1, -0.05) is 0 Å². The molecule has 0 aromatic carbocycles. The molecule has 1 aliphatic carbocycles. The first-order valence-electron chi connectivity index (χ1n) is 8.23. The summed E-state index contributed by atoms with van der Waals surface area (Å²) >= 11 is 0. The van der Waals surface area contributed by atoms with Crippen LogP contribution in [0.5, 0.6) is 5.75 Å². The van der Waals surface area contributed by atoms with Gasteiger partial charge in [0.1, 0.15) is 17.1 Å². The van der Waals surface area contributed by atoms with Crippen LogP contribution in [0.3, 0.4) is 0 Å². The van der Waals surface area contributed by atoms with Gasteiger partial charge in [0.2, 0.25) is 0 Å². The molecule has 0 radical (unpaired) electrons. The largest absolute Gasteiger partial charge is 0.506 e. The number of nitrogens with one attached hydrogen (secondary N) is 2. The number of nitrogens with zero attached hydrogens (tertiary/aromatic N) is 3. The highest BCUT2D eigenvalue weighted by Gasteiger charge is 2.39. The van der Waals surface area contributed by atoms with E-state index in [2.05, 4.69) is 25.5 Å². The Hall–Kier alpha value is -2.88. The van der Waals surface area contributed by atoms with Gasteiger partial charge < -0.3 is 20.5 Å². The number of rotatable bonds is 3. The van der Waals surface area contributed by atoms with E-state index in [-0.39, 0.29) is 17.4 Å². The smallest absolute Gasteiger partial charge is 0.418 e. The van der Waals surface area contributed by atoms with E-state index in [4.69, 9.17) is 0 Å². The molecule has 10 heteroatoms. The lowest BCUT2D eigenvalue weighted by Crippen LogP contribution is -2.48. The van der Waals surface area contributed by atoms with E-state index in [1.54, 1.807) is 19.2 Å². The first-order valence-corrected chi connectivity index (χ1v) is 8.23. The number of fused-ring (bicyclic) bond motifs is 1. The van der Waals surface area contributed by atoms with Crippen molar-refractivity contribution in [2.45, 2.75) is 37.6 Å². The number of anilines is 1. The van der Waals surface area contributed by atoms with Gasteiger partial charge in [-0.05, 0) is 31.9 Å². The molecule has 1 fully saturated rings. The van der Waals surface area contributed by atoms with Crippen LogP contribution < -0.4 is 5.32 Å². The van der Waals surface area contributed by atoms with E-state index in [1.165, 1.54) is 0 Å². The molecule has 3 aromatic rings. The molecule has 7 nitrogen and oxygen atoms in total. The molecule has 3 heterocycles. The molecular weight excluding hydrogens is 363 g/mol. The Morgan fingerprint density at radius 3 is 2.63 bits per heavy atom. The second-order valence-corrected chi connectivity index (χ2v) is 7.00. The van der Waals surface area contributed by atoms with Crippen LogP contribution in [0.25, 0.3) is 22.3 Å². The molecule has 0 spiro atoms. The summed E-state index contributed by atoms with van der Waals surface area (Å²) in [4.78, 5) is 6.75. The Morgan fingerprint density at radius 1 is 1.26 bits per heavy atom. The highest BCUT2D eigenvalue weighted by atomic mass is 19.4. The molecule has 0 atom stereocenters. The molecule has 3 aromatic heterocycles. The van der Waals surface area contributed by atoms with Crippen molar-refractivity contribution in [3.05, 3.63) is 30.1 Å². The Morgan fingerprint density at radius 2 is 2.00 bits per heavy atom. The van der Waals surface area contributed by atoms with Crippen molar-refractivity contribution in [1.82, 2.24) is 20.2 Å². The summed E-state index contributed by atoms with van der Waals surface area (Å²) < 4.78 is 38.3. The van der Waals surface area contributed by atoms with Crippen LogP contribution in [0, 0.1) is 0 Å². The van der Waals surface area contributed by atoms with Crippen LogP contribution >= 0.6 is 0 Å². The van der Waals surface area contributed by atoms with Crippen molar-refractivity contribution in [2.75, 3.05) is 5.32 Å². The number of aromatic amines is 1. The zero-order valence-electron chi connectivity index (χ0n) is 14.2. The minimum Gasteiger partial charge on any atom is -0.506 e. The van der Waals surface area contributed by atoms with Gasteiger partial charge in [0.15, 0.2) is 5.82 Å². The Balaban J connectivity index is 1.70. The lowest BCUT2D eigenvalue weighted by atomic mass is 9.77. The standard InChI is InChI=1S/C17H16F3N5O2/c1-16(27)5-9(6-16)23-15-13-10(2-3-21-13)12(24-25-15)14-11(26)4-8(7-22-14)17(18,19)20/h2-4,7,9,21,26-27H,5-6H2,1H3,(H,23,25)/t9-,16+. The minimum atomic E-state index is -4.60.